The number of hydrogen-bond acceptors (Lipinski definition) is 5. The van der Waals surface area contributed by atoms with Crippen molar-refractivity contribution in [3.05, 3.63) is 18.3 Å². The summed E-state index contributed by atoms with van der Waals surface area (Å²) in [5.74, 6) is 0.290. The lowest BCUT2D eigenvalue weighted by atomic mass is 9.97. The van der Waals surface area contributed by atoms with Crippen LogP contribution in [0.1, 0.15) is 20.3 Å². The van der Waals surface area contributed by atoms with Gasteiger partial charge in [0.2, 0.25) is 10.0 Å². The van der Waals surface area contributed by atoms with Crippen LogP contribution < -0.4 is 10.5 Å². The van der Waals surface area contributed by atoms with Gasteiger partial charge in [-0.25, -0.2) is 18.1 Å². The molecule has 7 heteroatoms. The molecule has 0 radical (unpaired) electrons. The van der Waals surface area contributed by atoms with Crippen LogP contribution in [0.5, 0.6) is 0 Å². The second-order valence-electron chi connectivity index (χ2n) is 4.70. The van der Waals surface area contributed by atoms with Gasteiger partial charge in [-0.15, -0.1) is 0 Å². The fourth-order valence-electron chi connectivity index (χ4n) is 1.89. The second-order valence-corrected chi connectivity index (χ2v) is 6.39. The number of pyridine rings is 1. The molecule has 2 rings (SSSR count). The number of nitrogen functional groups attached to an aromatic ring is 1. The van der Waals surface area contributed by atoms with Gasteiger partial charge in [-0.1, -0.05) is 0 Å². The highest BCUT2D eigenvalue weighted by atomic mass is 32.2. The summed E-state index contributed by atoms with van der Waals surface area (Å²) in [5.41, 5.74) is 4.85. The lowest BCUT2D eigenvalue weighted by molar-refractivity contribution is 0.0957. The minimum atomic E-state index is -3.60. The van der Waals surface area contributed by atoms with Crippen LogP contribution in [-0.4, -0.2) is 31.7 Å². The average molecular weight is 271 g/mol. The number of nitrogens with one attached hydrogen (secondary N) is 1. The maximum Gasteiger partial charge on any atom is 0.242 e. The van der Waals surface area contributed by atoms with Crippen LogP contribution >= 0.6 is 0 Å². The summed E-state index contributed by atoms with van der Waals surface area (Å²) in [7, 11) is -3.60. The minimum Gasteiger partial charge on any atom is -0.384 e. The normalized spacial score (nSPS) is 28.4. The molecule has 0 amide bonds. The molecule has 0 aliphatic carbocycles. The molecule has 100 valence electrons. The molecule has 1 saturated heterocycles. The van der Waals surface area contributed by atoms with E-state index in [1.54, 1.807) is 0 Å². The van der Waals surface area contributed by atoms with Crippen molar-refractivity contribution >= 4 is 15.8 Å². The molecule has 1 aromatic heterocycles. The van der Waals surface area contributed by atoms with Crippen LogP contribution in [0.2, 0.25) is 0 Å². The first-order chi connectivity index (χ1) is 8.33. The molecule has 6 nitrogen and oxygen atoms in total. The van der Waals surface area contributed by atoms with E-state index in [1.165, 1.54) is 18.3 Å². The van der Waals surface area contributed by atoms with Crippen molar-refractivity contribution in [3.63, 3.8) is 0 Å². The molecule has 1 aliphatic heterocycles. The number of rotatable bonds is 3. The van der Waals surface area contributed by atoms with Gasteiger partial charge in [0.15, 0.2) is 0 Å². The van der Waals surface area contributed by atoms with Gasteiger partial charge in [-0.2, -0.15) is 0 Å². The van der Waals surface area contributed by atoms with E-state index in [-0.39, 0.29) is 16.8 Å². The summed E-state index contributed by atoms with van der Waals surface area (Å²) in [6.45, 7) is 4.25. The Hall–Kier alpha value is -1.18. The van der Waals surface area contributed by atoms with Gasteiger partial charge in [0, 0.05) is 12.8 Å². The van der Waals surface area contributed by atoms with E-state index in [1.807, 2.05) is 13.8 Å². The molecule has 0 bridgehead atoms. The third-order valence-electron chi connectivity index (χ3n) is 3.32. The fourth-order valence-corrected chi connectivity index (χ4v) is 3.32. The maximum atomic E-state index is 12.2. The Morgan fingerprint density at radius 2 is 2.28 bits per heavy atom. The second kappa shape index (κ2) is 4.49. The van der Waals surface area contributed by atoms with Crippen LogP contribution in [0.4, 0.5) is 5.82 Å². The topological polar surface area (TPSA) is 94.3 Å². The Morgan fingerprint density at radius 1 is 1.56 bits per heavy atom. The van der Waals surface area contributed by atoms with E-state index >= 15 is 0 Å². The minimum absolute atomic E-state index is 0.108. The summed E-state index contributed by atoms with van der Waals surface area (Å²) < 4.78 is 32.5. The molecule has 0 aromatic carbocycles. The molecule has 2 heterocycles. The molecule has 2 unspecified atom stereocenters. The van der Waals surface area contributed by atoms with Crippen LogP contribution in [0.25, 0.3) is 0 Å². The number of hydrogen-bond donors (Lipinski definition) is 2. The molecule has 0 saturated carbocycles. The number of aromatic nitrogens is 1. The molecule has 2 atom stereocenters. The molecule has 0 spiro atoms. The van der Waals surface area contributed by atoms with Gasteiger partial charge in [0.25, 0.3) is 0 Å². The summed E-state index contributed by atoms with van der Waals surface area (Å²) in [6.07, 6.45) is 1.74. The quantitative estimate of drug-likeness (QED) is 0.835. The zero-order valence-electron chi connectivity index (χ0n) is 10.4. The van der Waals surface area contributed by atoms with Gasteiger partial charge in [0.1, 0.15) is 10.7 Å². The Labute approximate surface area is 107 Å². The third kappa shape index (κ3) is 2.47. The standard InChI is InChI=1S/C11H17N3O3S/c1-8-11(2,5-6-17-8)14-18(15,16)9-3-4-10(12)13-7-9/h3-4,7-8,14H,5-6H2,1-2H3,(H2,12,13). The highest BCUT2D eigenvalue weighted by molar-refractivity contribution is 7.89. The number of ether oxygens (including phenoxy) is 1. The van der Waals surface area contributed by atoms with E-state index in [4.69, 9.17) is 10.5 Å². The van der Waals surface area contributed by atoms with Gasteiger partial charge in [-0.05, 0) is 32.4 Å². The largest absolute Gasteiger partial charge is 0.384 e. The third-order valence-corrected chi connectivity index (χ3v) is 4.92. The maximum absolute atomic E-state index is 12.2. The number of nitrogens with zero attached hydrogens (tertiary/aromatic N) is 1. The van der Waals surface area contributed by atoms with Crippen LogP contribution in [0.3, 0.4) is 0 Å². The van der Waals surface area contributed by atoms with Crippen molar-refractivity contribution in [1.29, 1.82) is 0 Å². The first-order valence-electron chi connectivity index (χ1n) is 5.71. The highest BCUT2D eigenvalue weighted by Crippen LogP contribution is 2.27. The first-order valence-corrected chi connectivity index (χ1v) is 7.19. The van der Waals surface area contributed by atoms with E-state index in [9.17, 15) is 8.42 Å². The van der Waals surface area contributed by atoms with E-state index in [2.05, 4.69) is 9.71 Å². The van der Waals surface area contributed by atoms with Crippen molar-refractivity contribution in [2.45, 2.75) is 36.8 Å². The molecule has 1 aromatic rings. The van der Waals surface area contributed by atoms with Gasteiger partial charge in [0.05, 0.1) is 11.6 Å². The number of anilines is 1. The van der Waals surface area contributed by atoms with Crippen molar-refractivity contribution in [1.82, 2.24) is 9.71 Å². The van der Waals surface area contributed by atoms with Crippen molar-refractivity contribution in [2.75, 3.05) is 12.3 Å². The van der Waals surface area contributed by atoms with E-state index in [0.29, 0.717) is 13.0 Å². The predicted molar refractivity (Wildman–Crippen MR) is 67.4 cm³/mol. The summed E-state index contributed by atoms with van der Waals surface area (Å²) in [4.78, 5) is 3.90. The van der Waals surface area contributed by atoms with Crippen molar-refractivity contribution in [2.24, 2.45) is 0 Å². The Balaban J connectivity index is 2.25. The number of nitrogens with two attached hydrogens (primary N) is 1. The molecular weight excluding hydrogens is 254 g/mol. The Kier molecular flexibility index (Phi) is 3.31. The SMILES string of the molecule is CC1OCCC1(C)NS(=O)(=O)c1ccc(N)nc1. The predicted octanol–water partition coefficient (Wildman–Crippen LogP) is 0.510. The highest BCUT2D eigenvalue weighted by Gasteiger charge is 2.40. The van der Waals surface area contributed by atoms with Crippen LogP contribution in [0.15, 0.2) is 23.2 Å². The van der Waals surface area contributed by atoms with Gasteiger partial charge < -0.3 is 10.5 Å². The lowest BCUT2D eigenvalue weighted by Crippen LogP contribution is -2.50. The van der Waals surface area contributed by atoms with Gasteiger partial charge in [-0.3, -0.25) is 0 Å². The van der Waals surface area contributed by atoms with Crippen LogP contribution in [-0.2, 0) is 14.8 Å². The summed E-state index contributed by atoms with van der Waals surface area (Å²) in [6, 6.07) is 2.90. The summed E-state index contributed by atoms with van der Waals surface area (Å²) in [5, 5.41) is 0. The number of sulfonamides is 1. The van der Waals surface area contributed by atoms with E-state index in [0.717, 1.165) is 0 Å². The lowest BCUT2D eigenvalue weighted by Gasteiger charge is -2.28. The van der Waals surface area contributed by atoms with Crippen molar-refractivity contribution < 1.29 is 13.2 Å². The Morgan fingerprint density at radius 3 is 2.78 bits per heavy atom. The Bertz CT molecular complexity index is 529. The summed E-state index contributed by atoms with van der Waals surface area (Å²) >= 11 is 0. The molecule has 1 aliphatic rings. The molecule has 18 heavy (non-hydrogen) atoms. The molecule has 1 fully saturated rings. The average Bonchev–Trinajstić information content (AvgIpc) is 2.58. The van der Waals surface area contributed by atoms with Gasteiger partial charge >= 0.3 is 0 Å². The molecular formula is C11H17N3O3S. The zero-order valence-corrected chi connectivity index (χ0v) is 11.2. The van der Waals surface area contributed by atoms with Crippen LogP contribution in [0, 0.1) is 0 Å². The monoisotopic (exact) mass is 271 g/mol. The first kappa shape index (κ1) is 13.3. The fraction of sp³-hybridized carbons (Fsp3) is 0.545. The van der Waals surface area contributed by atoms with E-state index < -0.39 is 15.6 Å². The zero-order chi connectivity index (χ0) is 13.4. The van der Waals surface area contributed by atoms with Crippen molar-refractivity contribution in [3.8, 4) is 0 Å². The molecule has 3 N–H and O–H groups in total. The smallest absolute Gasteiger partial charge is 0.242 e.